The van der Waals surface area contributed by atoms with E-state index in [1.54, 1.807) is 6.07 Å². The Morgan fingerprint density at radius 1 is 1.28 bits per heavy atom. The van der Waals surface area contributed by atoms with E-state index in [9.17, 15) is 4.39 Å². The van der Waals surface area contributed by atoms with Gasteiger partial charge >= 0.3 is 0 Å². The quantitative estimate of drug-likeness (QED) is 0.774. The summed E-state index contributed by atoms with van der Waals surface area (Å²) in [4.78, 5) is 9.58. The van der Waals surface area contributed by atoms with Crippen molar-refractivity contribution in [2.45, 2.75) is 29.7 Å². The summed E-state index contributed by atoms with van der Waals surface area (Å²) in [5.41, 5.74) is 0. The Hall–Kier alpha value is -0.940. The Labute approximate surface area is 118 Å². The molecule has 2 aromatic rings. The fraction of sp³-hybridized carbons (Fsp3) is 0.231. The van der Waals surface area contributed by atoms with Crippen LogP contribution in [-0.2, 0) is 6.42 Å². The van der Waals surface area contributed by atoms with Crippen molar-refractivity contribution in [3.63, 3.8) is 0 Å². The van der Waals surface area contributed by atoms with Gasteiger partial charge in [-0.1, -0.05) is 24.8 Å². The van der Waals surface area contributed by atoms with Crippen molar-refractivity contribution >= 4 is 27.7 Å². The third-order valence-electron chi connectivity index (χ3n) is 2.21. The van der Waals surface area contributed by atoms with Crippen molar-refractivity contribution in [2.75, 3.05) is 0 Å². The van der Waals surface area contributed by atoms with Gasteiger partial charge in [0, 0.05) is 17.4 Å². The van der Waals surface area contributed by atoms with Gasteiger partial charge in [0.1, 0.15) is 21.3 Å². The van der Waals surface area contributed by atoms with Gasteiger partial charge in [0.25, 0.3) is 0 Å². The van der Waals surface area contributed by atoms with E-state index in [2.05, 4.69) is 32.8 Å². The lowest BCUT2D eigenvalue weighted by Gasteiger charge is -2.04. The molecule has 94 valence electrons. The van der Waals surface area contributed by atoms with Crippen molar-refractivity contribution in [1.82, 2.24) is 9.97 Å². The Kier molecular flexibility index (Phi) is 4.72. The number of rotatable bonds is 4. The van der Waals surface area contributed by atoms with Crippen LogP contribution in [0.2, 0.25) is 0 Å². The van der Waals surface area contributed by atoms with Crippen molar-refractivity contribution < 1.29 is 4.39 Å². The van der Waals surface area contributed by atoms with Gasteiger partial charge in [-0.2, -0.15) is 0 Å². The second kappa shape index (κ2) is 6.29. The molecule has 0 N–H and O–H groups in total. The normalized spacial score (nSPS) is 10.6. The average Bonchev–Trinajstić information content (AvgIpc) is 2.28. The van der Waals surface area contributed by atoms with E-state index in [4.69, 9.17) is 0 Å². The summed E-state index contributed by atoms with van der Waals surface area (Å²) in [6.07, 6.45) is 1.84. The molecular weight excluding hydrogens is 315 g/mol. The lowest BCUT2D eigenvalue weighted by atomic mass is 10.3. The molecule has 0 spiro atoms. The van der Waals surface area contributed by atoms with Gasteiger partial charge in [-0.25, -0.2) is 14.4 Å². The summed E-state index contributed by atoms with van der Waals surface area (Å²) < 4.78 is 13.9. The highest BCUT2D eigenvalue weighted by molar-refractivity contribution is 9.10. The molecule has 0 radical (unpaired) electrons. The van der Waals surface area contributed by atoms with Crippen LogP contribution in [-0.4, -0.2) is 9.97 Å². The summed E-state index contributed by atoms with van der Waals surface area (Å²) in [6, 6.07) is 8.33. The number of hydrogen-bond acceptors (Lipinski definition) is 3. The Morgan fingerprint density at radius 2 is 2.11 bits per heavy atom. The molecule has 0 saturated carbocycles. The smallest absolute Gasteiger partial charge is 0.130 e. The maximum absolute atomic E-state index is 13.1. The number of aromatic nitrogens is 2. The highest BCUT2D eigenvalue weighted by atomic mass is 79.9. The molecule has 0 aliphatic heterocycles. The second-order valence-electron chi connectivity index (χ2n) is 3.75. The molecule has 0 bridgehead atoms. The van der Waals surface area contributed by atoms with Gasteiger partial charge < -0.3 is 0 Å². The number of halogens is 2. The average molecular weight is 327 g/mol. The summed E-state index contributed by atoms with van der Waals surface area (Å²) >= 11 is 4.81. The summed E-state index contributed by atoms with van der Waals surface area (Å²) in [5.74, 6) is 0.577. The van der Waals surface area contributed by atoms with Gasteiger partial charge in [0.2, 0.25) is 0 Å². The molecule has 1 heterocycles. The van der Waals surface area contributed by atoms with Crippen molar-refractivity contribution in [1.29, 1.82) is 0 Å². The van der Waals surface area contributed by atoms with Crippen molar-refractivity contribution in [2.24, 2.45) is 0 Å². The molecule has 0 unspecified atom stereocenters. The molecule has 2 rings (SSSR count). The minimum absolute atomic E-state index is 0.234. The van der Waals surface area contributed by atoms with Crippen LogP contribution >= 0.6 is 27.7 Å². The highest BCUT2D eigenvalue weighted by Crippen LogP contribution is 2.28. The van der Waals surface area contributed by atoms with E-state index in [1.807, 2.05) is 12.1 Å². The first-order valence-corrected chi connectivity index (χ1v) is 7.25. The van der Waals surface area contributed by atoms with E-state index in [-0.39, 0.29) is 5.82 Å². The van der Waals surface area contributed by atoms with Crippen LogP contribution in [0.4, 0.5) is 4.39 Å². The predicted octanol–water partition coefficient (Wildman–Crippen LogP) is 4.48. The molecule has 1 aromatic carbocycles. The molecule has 18 heavy (non-hydrogen) atoms. The van der Waals surface area contributed by atoms with E-state index in [1.165, 1.54) is 23.9 Å². The maximum Gasteiger partial charge on any atom is 0.130 e. The Balaban J connectivity index is 2.23. The lowest BCUT2D eigenvalue weighted by molar-refractivity contribution is 0.624. The van der Waals surface area contributed by atoms with Gasteiger partial charge in [-0.3, -0.25) is 0 Å². The lowest BCUT2D eigenvalue weighted by Crippen LogP contribution is -1.96. The summed E-state index contributed by atoms with van der Waals surface area (Å²) in [5, 5.41) is 0.825. The SMILES string of the molecule is CCCc1nc(Br)cc(Sc2cccc(F)c2)n1. The van der Waals surface area contributed by atoms with Crippen LogP contribution in [0.3, 0.4) is 0 Å². The molecule has 0 saturated heterocycles. The van der Waals surface area contributed by atoms with Crippen LogP contribution in [0.1, 0.15) is 19.2 Å². The third-order valence-corrected chi connectivity index (χ3v) is 3.52. The molecule has 0 aliphatic carbocycles. The monoisotopic (exact) mass is 326 g/mol. The zero-order chi connectivity index (χ0) is 13.0. The van der Waals surface area contributed by atoms with E-state index in [0.29, 0.717) is 0 Å². The fourth-order valence-electron chi connectivity index (χ4n) is 1.48. The van der Waals surface area contributed by atoms with Crippen molar-refractivity contribution in [3.05, 3.63) is 46.6 Å². The van der Waals surface area contributed by atoms with E-state index in [0.717, 1.165) is 33.2 Å². The second-order valence-corrected chi connectivity index (χ2v) is 5.66. The van der Waals surface area contributed by atoms with Gasteiger partial charge in [-0.05, 0) is 40.5 Å². The first-order valence-electron chi connectivity index (χ1n) is 5.64. The molecular formula is C13H12BrFN2S. The molecule has 0 atom stereocenters. The molecule has 1 aromatic heterocycles. The van der Waals surface area contributed by atoms with Crippen molar-refractivity contribution in [3.8, 4) is 0 Å². The Bertz CT molecular complexity index is 548. The van der Waals surface area contributed by atoms with Crippen LogP contribution in [0.15, 0.2) is 44.9 Å². The van der Waals surface area contributed by atoms with E-state index >= 15 is 0 Å². The third kappa shape index (κ3) is 3.78. The highest BCUT2D eigenvalue weighted by Gasteiger charge is 2.05. The minimum atomic E-state index is -0.234. The molecule has 0 aliphatic rings. The first-order chi connectivity index (χ1) is 8.67. The van der Waals surface area contributed by atoms with Gasteiger partial charge in [-0.15, -0.1) is 0 Å². The Morgan fingerprint density at radius 3 is 2.83 bits per heavy atom. The van der Waals surface area contributed by atoms with Gasteiger partial charge in [0.15, 0.2) is 0 Å². The van der Waals surface area contributed by atoms with Crippen LogP contribution in [0.5, 0.6) is 0 Å². The summed E-state index contributed by atoms with van der Waals surface area (Å²) in [7, 11) is 0. The van der Waals surface area contributed by atoms with Crippen LogP contribution < -0.4 is 0 Å². The minimum Gasteiger partial charge on any atom is -0.226 e. The van der Waals surface area contributed by atoms with Crippen LogP contribution in [0, 0.1) is 5.82 Å². The first kappa shape index (κ1) is 13.5. The fourth-order valence-corrected chi connectivity index (χ4v) is 2.94. The number of hydrogen-bond donors (Lipinski definition) is 0. The molecule has 5 heteroatoms. The van der Waals surface area contributed by atoms with E-state index < -0.39 is 0 Å². The zero-order valence-electron chi connectivity index (χ0n) is 9.86. The van der Waals surface area contributed by atoms with Gasteiger partial charge in [0.05, 0.1) is 0 Å². The molecule has 0 amide bonds. The topological polar surface area (TPSA) is 25.8 Å². The number of benzene rings is 1. The molecule has 0 fully saturated rings. The summed E-state index contributed by atoms with van der Waals surface area (Å²) in [6.45, 7) is 2.09. The number of aryl methyl sites for hydroxylation is 1. The molecule has 2 nitrogen and oxygen atoms in total. The predicted molar refractivity (Wildman–Crippen MR) is 74.3 cm³/mol. The maximum atomic E-state index is 13.1. The zero-order valence-corrected chi connectivity index (χ0v) is 12.3. The largest absolute Gasteiger partial charge is 0.226 e. The number of nitrogens with zero attached hydrogens (tertiary/aromatic N) is 2. The standard InChI is InChI=1S/C13H12BrFN2S/c1-2-4-12-16-11(14)8-13(17-12)18-10-6-3-5-9(15)7-10/h3,5-8H,2,4H2,1H3. The van der Waals surface area contributed by atoms with Crippen LogP contribution in [0.25, 0.3) is 0 Å².